The van der Waals surface area contributed by atoms with E-state index < -0.39 is 11.9 Å². The van der Waals surface area contributed by atoms with E-state index in [1.54, 1.807) is 32.0 Å². The van der Waals surface area contributed by atoms with Gasteiger partial charge in [-0.05, 0) is 37.6 Å². The molecule has 0 radical (unpaired) electrons. The highest BCUT2D eigenvalue weighted by Gasteiger charge is 2.12. The van der Waals surface area contributed by atoms with Crippen molar-refractivity contribution < 1.29 is 23.8 Å². The molecule has 0 saturated carbocycles. The van der Waals surface area contributed by atoms with Crippen LogP contribution in [-0.2, 0) is 14.3 Å². The van der Waals surface area contributed by atoms with Crippen LogP contribution in [0.25, 0.3) is 6.08 Å². The van der Waals surface area contributed by atoms with Crippen LogP contribution in [0, 0.1) is 11.3 Å². The number of carbonyl (C=O) groups excluding carboxylic acids is 2. The summed E-state index contributed by atoms with van der Waals surface area (Å²) < 4.78 is 14.9. The molecule has 0 aliphatic heterocycles. The molecular weight excluding hydrogens is 298 g/mol. The molecule has 0 fully saturated rings. The van der Waals surface area contributed by atoms with Crippen molar-refractivity contribution in [3.63, 3.8) is 0 Å². The number of rotatable bonds is 5. The topological polar surface area (TPSA) is 85.6 Å². The molecule has 1 aromatic carbocycles. The summed E-state index contributed by atoms with van der Waals surface area (Å²) >= 11 is 0. The summed E-state index contributed by atoms with van der Waals surface area (Å²) in [6, 6.07) is 6.42. The second-order valence-electron chi connectivity index (χ2n) is 4.71. The fraction of sp³-hybridized carbons (Fsp3) is 0.235. The van der Waals surface area contributed by atoms with Crippen molar-refractivity contribution in [3.8, 4) is 17.6 Å². The number of hydrogen-bond donors (Lipinski definition) is 0. The van der Waals surface area contributed by atoms with Crippen molar-refractivity contribution >= 4 is 18.0 Å². The third-order valence-corrected chi connectivity index (χ3v) is 2.64. The van der Waals surface area contributed by atoms with Crippen molar-refractivity contribution in [2.75, 3.05) is 14.2 Å². The number of methoxy groups -OCH3 is 2. The van der Waals surface area contributed by atoms with Gasteiger partial charge in [0.2, 0.25) is 0 Å². The molecule has 1 aromatic rings. The van der Waals surface area contributed by atoms with Gasteiger partial charge in [0.05, 0.1) is 14.2 Å². The Labute approximate surface area is 134 Å². The SMILES string of the molecule is COC(=O)/C(C#N)=C/c1ccc(OC(=O)C=C(C)C)c(OC)c1. The van der Waals surface area contributed by atoms with Gasteiger partial charge in [-0.15, -0.1) is 0 Å². The van der Waals surface area contributed by atoms with Gasteiger partial charge >= 0.3 is 11.9 Å². The molecule has 0 N–H and O–H groups in total. The number of nitrogens with zero attached hydrogens (tertiary/aromatic N) is 1. The summed E-state index contributed by atoms with van der Waals surface area (Å²) in [7, 11) is 2.62. The van der Waals surface area contributed by atoms with E-state index in [9.17, 15) is 9.59 Å². The first-order chi connectivity index (χ1) is 10.9. The van der Waals surface area contributed by atoms with Gasteiger partial charge in [-0.1, -0.05) is 11.6 Å². The standard InChI is InChI=1S/C17H17NO5/c1-11(2)7-16(19)23-14-6-5-12(9-15(14)21-3)8-13(10-18)17(20)22-4/h5-9H,1-4H3/b13-8+. The first-order valence-corrected chi connectivity index (χ1v) is 6.66. The van der Waals surface area contributed by atoms with Crippen LogP contribution in [0.5, 0.6) is 11.5 Å². The van der Waals surface area contributed by atoms with Crippen LogP contribution in [0.4, 0.5) is 0 Å². The summed E-state index contributed by atoms with van der Waals surface area (Å²) in [6.45, 7) is 3.56. The van der Waals surface area contributed by atoms with Gasteiger partial charge in [0.1, 0.15) is 11.6 Å². The van der Waals surface area contributed by atoms with E-state index in [-0.39, 0.29) is 11.3 Å². The Morgan fingerprint density at radius 1 is 1.17 bits per heavy atom. The van der Waals surface area contributed by atoms with E-state index in [0.29, 0.717) is 11.3 Å². The lowest BCUT2D eigenvalue weighted by molar-refractivity contribution is -0.135. The quantitative estimate of drug-likeness (QED) is 0.359. The second kappa shape index (κ2) is 8.39. The molecule has 0 spiro atoms. The van der Waals surface area contributed by atoms with E-state index in [4.69, 9.17) is 14.7 Å². The third-order valence-electron chi connectivity index (χ3n) is 2.64. The second-order valence-corrected chi connectivity index (χ2v) is 4.71. The van der Waals surface area contributed by atoms with Crippen molar-refractivity contribution in [2.24, 2.45) is 0 Å². The summed E-state index contributed by atoms with van der Waals surface area (Å²) in [5, 5.41) is 8.95. The lowest BCUT2D eigenvalue weighted by atomic mass is 10.1. The highest BCUT2D eigenvalue weighted by atomic mass is 16.6. The minimum Gasteiger partial charge on any atom is -0.493 e. The summed E-state index contributed by atoms with van der Waals surface area (Å²) in [6.07, 6.45) is 2.72. The van der Waals surface area contributed by atoms with E-state index in [1.165, 1.54) is 32.4 Å². The molecule has 23 heavy (non-hydrogen) atoms. The Morgan fingerprint density at radius 2 is 1.87 bits per heavy atom. The predicted molar refractivity (Wildman–Crippen MR) is 83.7 cm³/mol. The Hall–Kier alpha value is -3.07. The molecule has 0 bridgehead atoms. The zero-order chi connectivity index (χ0) is 17.4. The maximum Gasteiger partial charge on any atom is 0.348 e. The smallest absolute Gasteiger partial charge is 0.348 e. The molecule has 0 atom stereocenters. The normalized spacial score (nSPS) is 10.3. The Balaban J connectivity index is 3.12. The van der Waals surface area contributed by atoms with Crippen LogP contribution >= 0.6 is 0 Å². The predicted octanol–water partition coefficient (Wildman–Crippen LogP) is 2.65. The van der Waals surface area contributed by atoms with Crippen LogP contribution < -0.4 is 9.47 Å². The molecular formula is C17H17NO5. The van der Waals surface area contributed by atoms with Crippen molar-refractivity contribution in [2.45, 2.75) is 13.8 Å². The highest BCUT2D eigenvalue weighted by Crippen LogP contribution is 2.29. The Bertz CT molecular complexity index is 706. The van der Waals surface area contributed by atoms with Gasteiger partial charge in [0, 0.05) is 6.08 Å². The Morgan fingerprint density at radius 3 is 2.39 bits per heavy atom. The van der Waals surface area contributed by atoms with Gasteiger partial charge in [-0.3, -0.25) is 0 Å². The fourth-order valence-corrected chi connectivity index (χ4v) is 1.65. The summed E-state index contributed by atoms with van der Waals surface area (Å²) in [4.78, 5) is 23.1. The molecule has 0 aliphatic carbocycles. The lowest BCUT2D eigenvalue weighted by Crippen LogP contribution is -2.06. The molecule has 0 amide bonds. The molecule has 0 aromatic heterocycles. The Kier molecular flexibility index (Phi) is 6.56. The average molecular weight is 315 g/mol. The van der Waals surface area contributed by atoms with Crippen LogP contribution in [-0.4, -0.2) is 26.2 Å². The number of allylic oxidation sites excluding steroid dienone is 1. The van der Waals surface area contributed by atoms with E-state index in [1.807, 2.05) is 0 Å². The van der Waals surface area contributed by atoms with Crippen LogP contribution in [0.2, 0.25) is 0 Å². The number of esters is 2. The number of benzene rings is 1. The number of carbonyl (C=O) groups is 2. The first kappa shape index (κ1) is 18.0. The number of nitriles is 1. The summed E-state index contributed by atoms with van der Waals surface area (Å²) in [5.41, 5.74) is 1.19. The van der Waals surface area contributed by atoms with Crippen LogP contribution in [0.1, 0.15) is 19.4 Å². The fourth-order valence-electron chi connectivity index (χ4n) is 1.65. The maximum absolute atomic E-state index is 11.7. The van der Waals surface area contributed by atoms with Gasteiger partial charge in [0.15, 0.2) is 11.5 Å². The lowest BCUT2D eigenvalue weighted by Gasteiger charge is -2.09. The zero-order valence-corrected chi connectivity index (χ0v) is 13.4. The largest absolute Gasteiger partial charge is 0.493 e. The molecule has 6 heteroatoms. The van der Waals surface area contributed by atoms with E-state index >= 15 is 0 Å². The van der Waals surface area contributed by atoms with Gasteiger partial charge in [-0.25, -0.2) is 9.59 Å². The molecule has 0 saturated heterocycles. The van der Waals surface area contributed by atoms with Gasteiger partial charge < -0.3 is 14.2 Å². The molecule has 6 nitrogen and oxygen atoms in total. The molecule has 0 unspecified atom stereocenters. The van der Waals surface area contributed by atoms with Crippen molar-refractivity contribution in [1.82, 2.24) is 0 Å². The van der Waals surface area contributed by atoms with Gasteiger partial charge in [0.25, 0.3) is 0 Å². The van der Waals surface area contributed by atoms with Gasteiger partial charge in [-0.2, -0.15) is 5.26 Å². The monoisotopic (exact) mass is 315 g/mol. The van der Waals surface area contributed by atoms with Crippen LogP contribution in [0.3, 0.4) is 0 Å². The van der Waals surface area contributed by atoms with Crippen LogP contribution in [0.15, 0.2) is 35.4 Å². The van der Waals surface area contributed by atoms with Crippen molar-refractivity contribution in [3.05, 3.63) is 41.0 Å². The molecule has 0 heterocycles. The molecule has 120 valence electrons. The minimum atomic E-state index is -0.731. The van der Waals surface area contributed by atoms with E-state index in [2.05, 4.69) is 4.74 Å². The highest BCUT2D eigenvalue weighted by molar-refractivity contribution is 5.97. The number of ether oxygens (including phenoxy) is 3. The van der Waals surface area contributed by atoms with Crippen molar-refractivity contribution in [1.29, 1.82) is 5.26 Å². The first-order valence-electron chi connectivity index (χ1n) is 6.66. The number of hydrogen-bond acceptors (Lipinski definition) is 6. The zero-order valence-electron chi connectivity index (χ0n) is 13.4. The summed E-state index contributed by atoms with van der Waals surface area (Å²) in [5.74, 6) is -0.704. The maximum atomic E-state index is 11.7. The molecule has 0 aliphatic rings. The third kappa shape index (κ3) is 5.32. The van der Waals surface area contributed by atoms with E-state index in [0.717, 1.165) is 5.57 Å². The average Bonchev–Trinajstić information content (AvgIpc) is 2.52. The molecule has 1 rings (SSSR count). The minimum absolute atomic E-state index is 0.149.